The Morgan fingerprint density at radius 1 is 1.24 bits per heavy atom. The van der Waals surface area contributed by atoms with E-state index in [0.29, 0.717) is 37.4 Å². The number of aryl methyl sites for hydroxylation is 1. The highest BCUT2D eigenvalue weighted by Gasteiger charge is 2.28. The standard InChI is InChI=1S/C19H22N2O4/c1-13-3-5-14(6-4-13)17-11-16(20-25-17)12-18(22)21-9-7-15(8-10-21)19(23)24-2/h3-6,11,15H,7-10,12H2,1-2H3. The molecular weight excluding hydrogens is 320 g/mol. The predicted molar refractivity (Wildman–Crippen MR) is 91.7 cm³/mol. The SMILES string of the molecule is COC(=O)C1CCN(C(=O)Cc2cc(-c3ccc(C)cc3)on2)CC1. The first-order chi connectivity index (χ1) is 12.1. The van der Waals surface area contributed by atoms with Gasteiger partial charge in [0.2, 0.25) is 5.91 Å². The summed E-state index contributed by atoms with van der Waals surface area (Å²) in [6.07, 6.45) is 1.50. The number of carbonyl (C=O) groups excluding carboxylic acids is 2. The molecule has 25 heavy (non-hydrogen) atoms. The Morgan fingerprint density at radius 3 is 2.56 bits per heavy atom. The lowest BCUT2D eigenvalue weighted by atomic mass is 9.97. The normalized spacial score (nSPS) is 15.2. The summed E-state index contributed by atoms with van der Waals surface area (Å²) in [4.78, 5) is 25.8. The maximum absolute atomic E-state index is 12.4. The fourth-order valence-electron chi connectivity index (χ4n) is 3.05. The first-order valence-electron chi connectivity index (χ1n) is 8.45. The predicted octanol–water partition coefficient (Wildman–Crippen LogP) is 2.60. The van der Waals surface area contributed by atoms with Gasteiger partial charge >= 0.3 is 5.97 Å². The van der Waals surface area contributed by atoms with Gasteiger partial charge in [0, 0.05) is 24.7 Å². The van der Waals surface area contributed by atoms with Crippen molar-refractivity contribution in [3.63, 3.8) is 0 Å². The molecule has 0 aliphatic carbocycles. The van der Waals surface area contributed by atoms with Crippen molar-refractivity contribution >= 4 is 11.9 Å². The summed E-state index contributed by atoms with van der Waals surface area (Å²) in [6, 6.07) is 9.77. The molecule has 1 aromatic carbocycles. The number of ether oxygens (including phenoxy) is 1. The zero-order chi connectivity index (χ0) is 17.8. The second-order valence-electron chi connectivity index (χ2n) is 6.40. The highest BCUT2D eigenvalue weighted by atomic mass is 16.5. The number of hydrogen-bond donors (Lipinski definition) is 0. The van der Waals surface area contributed by atoms with E-state index in [-0.39, 0.29) is 24.2 Å². The molecular formula is C19H22N2O4. The number of hydrogen-bond acceptors (Lipinski definition) is 5. The van der Waals surface area contributed by atoms with Gasteiger partial charge in [0.25, 0.3) is 0 Å². The van der Waals surface area contributed by atoms with Crippen molar-refractivity contribution in [1.29, 1.82) is 0 Å². The van der Waals surface area contributed by atoms with Crippen LogP contribution in [0.1, 0.15) is 24.1 Å². The summed E-state index contributed by atoms with van der Waals surface area (Å²) >= 11 is 0. The second-order valence-corrected chi connectivity index (χ2v) is 6.40. The molecule has 2 heterocycles. The Kier molecular flexibility index (Phi) is 5.16. The van der Waals surface area contributed by atoms with Crippen molar-refractivity contribution in [3.8, 4) is 11.3 Å². The summed E-state index contributed by atoms with van der Waals surface area (Å²) in [6.45, 7) is 3.17. The molecule has 6 heteroatoms. The minimum Gasteiger partial charge on any atom is -0.469 e. The molecule has 1 aliphatic rings. The van der Waals surface area contributed by atoms with Crippen LogP contribution in [-0.4, -0.2) is 42.1 Å². The lowest BCUT2D eigenvalue weighted by molar-refractivity contribution is -0.148. The van der Waals surface area contributed by atoms with Crippen molar-refractivity contribution in [3.05, 3.63) is 41.6 Å². The summed E-state index contributed by atoms with van der Waals surface area (Å²) in [7, 11) is 1.40. The van der Waals surface area contributed by atoms with Crippen molar-refractivity contribution < 1.29 is 18.8 Å². The topological polar surface area (TPSA) is 72.6 Å². The lowest BCUT2D eigenvalue weighted by Gasteiger charge is -2.30. The summed E-state index contributed by atoms with van der Waals surface area (Å²) < 4.78 is 10.1. The van der Waals surface area contributed by atoms with E-state index in [0.717, 1.165) is 5.56 Å². The Bertz CT molecular complexity index is 743. The molecule has 1 amide bonds. The Labute approximate surface area is 146 Å². The summed E-state index contributed by atoms with van der Waals surface area (Å²) in [5, 5.41) is 4.01. The van der Waals surface area contributed by atoms with E-state index in [1.165, 1.54) is 12.7 Å². The largest absolute Gasteiger partial charge is 0.469 e. The molecule has 0 saturated carbocycles. The number of carbonyl (C=O) groups is 2. The third kappa shape index (κ3) is 4.07. The van der Waals surface area contributed by atoms with E-state index >= 15 is 0 Å². The third-order valence-electron chi connectivity index (χ3n) is 4.61. The molecule has 1 aromatic heterocycles. The van der Waals surface area contributed by atoms with Crippen molar-refractivity contribution in [1.82, 2.24) is 10.1 Å². The number of likely N-dealkylation sites (tertiary alicyclic amines) is 1. The molecule has 2 aromatic rings. The van der Waals surface area contributed by atoms with Gasteiger partial charge in [-0.25, -0.2) is 0 Å². The van der Waals surface area contributed by atoms with E-state index in [1.54, 1.807) is 4.90 Å². The monoisotopic (exact) mass is 342 g/mol. The number of aromatic nitrogens is 1. The molecule has 1 saturated heterocycles. The maximum Gasteiger partial charge on any atom is 0.308 e. The van der Waals surface area contributed by atoms with E-state index in [4.69, 9.17) is 9.26 Å². The van der Waals surface area contributed by atoms with Gasteiger partial charge in [-0.05, 0) is 19.8 Å². The Hall–Kier alpha value is -2.63. The minimum atomic E-state index is -0.189. The van der Waals surface area contributed by atoms with Crippen LogP contribution in [0.15, 0.2) is 34.9 Å². The molecule has 0 bridgehead atoms. The lowest BCUT2D eigenvalue weighted by Crippen LogP contribution is -2.41. The first kappa shape index (κ1) is 17.2. The van der Waals surface area contributed by atoms with Gasteiger partial charge in [-0.2, -0.15) is 0 Å². The summed E-state index contributed by atoms with van der Waals surface area (Å²) in [5.74, 6) is 0.375. The quantitative estimate of drug-likeness (QED) is 0.799. The third-order valence-corrected chi connectivity index (χ3v) is 4.61. The number of esters is 1. The van der Waals surface area contributed by atoms with Crippen LogP contribution in [0.2, 0.25) is 0 Å². The van der Waals surface area contributed by atoms with Gasteiger partial charge in [-0.15, -0.1) is 0 Å². The van der Waals surface area contributed by atoms with Crippen molar-refractivity contribution in [2.24, 2.45) is 5.92 Å². The second kappa shape index (κ2) is 7.51. The van der Waals surface area contributed by atoms with Gasteiger partial charge in [0.15, 0.2) is 5.76 Å². The van der Waals surface area contributed by atoms with Crippen LogP contribution in [0.5, 0.6) is 0 Å². The maximum atomic E-state index is 12.4. The molecule has 0 N–H and O–H groups in total. The molecule has 6 nitrogen and oxygen atoms in total. The average Bonchev–Trinajstić information content (AvgIpc) is 3.10. The number of methoxy groups -OCH3 is 1. The Morgan fingerprint density at radius 2 is 1.92 bits per heavy atom. The first-order valence-corrected chi connectivity index (χ1v) is 8.45. The molecule has 0 radical (unpaired) electrons. The average molecular weight is 342 g/mol. The van der Waals surface area contributed by atoms with Crippen LogP contribution in [-0.2, 0) is 20.7 Å². The number of piperidine rings is 1. The number of amides is 1. The van der Waals surface area contributed by atoms with Gasteiger partial charge < -0.3 is 14.2 Å². The van der Waals surface area contributed by atoms with Gasteiger partial charge in [-0.3, -0.25) is 9.59 Å². The molecule has 0 atom stereocenters. The molecule has 0 unspecified atom stereocenters. The molecule has 0 spiro atoms. The van der Waals surface area contributed by atoms with Crippen molar-refractivity contribution in [2.75, 3.05) is 20.2 Å². The van der Waals surface area contributed by atoms with Crippen LogP contribution in [0.4, 0.5) is 0 Å². The van der Waals surface area contributed by atoms with Crippen LogP contribution in [0.3, 0.4) is 0 Å². The molecule has 132 valence electrons. The van der Waals surface area contributed by atoms with Gasteiger partial charge in [-0.1, -0.05) is 35.0 Å². The van der Waals surface area contributed by atoms with Crippen molar-refractivity contribution in [2.45, 2.75) is 26.2 Å². The zero-order valence-corrected chi connectivity index (χ0v) is 14.5. The summed E-state index contributed by atoms with van der Waals surface area (Å²) in [5.41, 5.74) is 2.74. The molecule has 1 fully saturated rings. The zero-order valence-electron chi connectivity index (χ0n) is 14.5. The smallest absolute Gasteiger partial charge is 0.308 e. The van der Waals surface area contributed by atoms with E-state index in [9.17, 15) is 9.59 Å². The van der Waals surface area contributed by atoms with Crippen LogP contribution < -0.4 is 0 Å². The number of rotatable bonds is 4. The van der Waals surface area contributed by atoms with E-state index in [2.05, 4.69) is 5.16 Å². The Balaban J connectivity index is 1.57. The fourth-order valence-corrected chi connectivity index (χ4v) is 3.05. The minimum absolute atomic E-state index is 0.00655. The van der Waals surface area contributed by atoms with Gasteiger partial charge in [0.05, 0.1) is 25.1 Å². The van der Waals surface area contributed by atoms with Crippen LogP contribution in [0, 0.1) is 12.8 Å². The van der Waals surface area contributed by atoms with Crippen LogP contribution in [0.25, 0.3) is 11.3 Å². The fraction of sp³-hybridized carbons (Fsp3) is 0.421. The highest BCUT2D eigenvalue weighted by Crippen LogP contribution is 2.22. The van der Waals surface area contributed by atoms with Gasteiger partial charge in [0.1, 0.15) is 0 Å². The number of benzene rings is 1. The van der Waals surface area contributed by atoms with E-state index < -0.39 is 0 Å². The molecule has 1 aliphatic heterocycles. The van der Waals surface area contributed by atoms with Crippen LogP contribution >= 0.6 is 0 Å². The number of nitrogens with zero attached hydrogens (tertiary/aromatic N) is 2. The molecule has 3 rings (SSSR count). The highest BCUT2D eigenvalue weighted by molar-refractivity contribution is 5.79. The van der Waals surface area contributed by atoms with E-state index in [1.807, 2.05) is 37.3 Å².